The maximum absolute atomic E-state index is 5.46. The number of aromatic nitrogens is 2. The van der Waals surface area contributed by atoms with Gasteiger partial charge in [0.15, 0.2) is 0 Å². The first-order chi connectivity index (χ1) is 23.9. The number of pyridine rings is 2. The molecule has 10 rings (SSSR count). The van der Waals surface area contributed by atoms with Gasteiger partial charge in [0.05, 0.1) is 36.0 Å². The number of hydrogen-bond acceptors (Lipinski definition) is 5. The molecular weight excluding hydrogens is 676 g/mol. The number of aryl methyl sites for hydroxylation is 3. The van der Waals surface area contributed by atoms with E-state index in [4.69, 9.17) is 14.5 Å². The zero-order valence-corrected chi connectivity index (χ0v) is 30.7. The number of methoxy groups -OCH3 is 2. The molecule has 8 aromatic rings. The first kappa shape index (κ1) is 32.5. The van der Waals surface area contributed by atoms with Gasteiger partial charge in [-0.25, -0.2) is 4.98 Å². The lowest BCUT2D eigenvalue weighted by atomic mass is 9.97. The Labute approximate surface area is 305 Å². The van der Waals surface area contributed by atoms with Gasteiger partial charge >= 0.3 is 0 Å². The minimum atomic E-state index is 0. The van der Waals surface area contributed by atoms with E-state index in [9.17, 15) is 0 Å². The van der Waals surface area contributed by atoms with Gasteiger partial charge < -0.3 is 21.9 Å². The van der Waals surface area contributed by atoms with Gasteiger partial charge in [-0.3, -0.25) is 0 Å². The molecule has 0 saturated carbocycles. The lowest BCUT2D eigenvalue weighted by Crippen LogP contribution is -3.00. The predicted molar refractivity (Wildman–Crippen MR) is 204 cm³/mol. The van der Waals surface area contributed by atoms with Crippen molar-refractivity contribution < 1.29 is 26.4 Å². The standard InChI is InChI=1S/C22H18NOS.C21H15NOS.ClH/c1-13-7-9-16-19(11-13)23(2)18-6-4-5-15-17-12-14(24-3)8-10-20(17)25-22(16)21(15)18;1-12-6-8-15-18(10-12)22-17-5-3-4-14-16-11-13(23-2)7-9-19(16)24-21(15)20(14)17;/h4-12H,1-3H3;3-11H,1-2H3;1H/q+1;;/p-1. The Morgan fingerprint density at radius 3 is 1.78 bits per heavy atom. The summed E-state index contributed by atoms with van der Waals surface area (Å²) in [5.41, 5.74) is 12.2. The minimum Gasteiger partial charge on any atom is -1.00 e. The molecule has 4 nitrogen and oxygen atoms in total. The Morgan fingerprint density at radius 1 is 0.540 bits per heavy atom. The average Bonchev–Trinajstić information content (AvgIpc) is 3.13. The van der Waals surface area contributed by atoms with Crippen LogP contribution in [0.25, 0.3) is 65.9 Å². The summed E-state index contributed by atoms with van der Waals surface area (Å²) in [7, 11) is 5.60. The summed E-state index contributed by atoms with van der Waals surface area (Å²) in [4.78, 5) is 10.1. The van der Waals surface area contributed by atoms with Crippen LogP contribution >= 0.6 is 23.5 Å². The molecule has 246 valence electrons. The fourth-order valence-corrected chi connectivity index (χ4v) is 9.72. The first-order valence-corrected chi connectivity index (χ1v) is 18.0. The van der Waals surface area contributed by atoms with E-state index in [2.05, 4.69) is 123 Å². The number of ether oxygens (including phenoxy) is 2. The van der Waals surface area contributed by atoms with Crippen LogP contribution in [0.4, 0.5) is 0 Å². The van der Waals surface area contributed by atoms with Gasteiger partial charge in [-0.1, -0.05) is 66.0 Å². The predicted octanol–water partition coefficient (Wildman–Crippen LogP) is 8.11. The molecule has 50 heavy (non-hydrogen) atoms. The van der Waals surface area contributed by atoms with E-state index in [1.807, 2.05) is 35.7 Å². The Morgan fingerprint density at radius 2 is 1.12 bits per heavy atom. The number of halogens is 1. The molecule has 2 aliphatic heterocycles. The lowest BCUT2D eigenvalue weighted by Gasteiger charge is -2.22. The van der Waals surface area contributed by atoms with E-state index in [0.29, 0.717) is 0 Å². The molecule has 0 unspecified atom stereocenters. The van der Waals surface area contributed by atoms with Crippen LogP contribution in [0.3, 0.4) is 0 Å². The number of benzene rings is 6. The first-order valence-electron chi connectivity index (χ1n) is 16.3. The van der Waals surface area contributed by atoms with Crippen LogP contribution in [0.2, 0.25) is 0 Å². The van der Waals surface area contributed by atoms with E-state index in [0.717, 1.165) is 22.5 Å². The third kappa shape index (κ3) is 5.08. The molecule has 7 heteroatoms. The molecule has 0 atom stereocenters. The van der Waals surface area contributed by atoms with Gasteiger partial charge in [-0.05, 0) is 96.3 Å². The molecule has 0 saturated heterocycles. The number of fused-ring (bicyclic) bond motifs is 8. The van der Waals surface area contributed by atoms with Crippen LogP contribution < -0.4 is 26.4 Å². The molecule has 0 aliphatic carbocycles. The zero-order chi connectivity index (χ0) is 33.4. The van der Waals surface area contributed by atoms with Crippen LogP contribution in [0.1, 0.15) is 11.1 Å². The summed E-state index contributed by atoms with van der Waals surface area (Å²) < 4.78 is 13.2. The minimum absolute atomic E-state index is 0. The Hall–Kier alpha value is -4.75. The van der Waals surface area contributed by atoms with Crippen LogP contribution in [0, 0.1) is 13.8 Å². The fraction of sp³-hybridized carbons (Fsp3) is 0.116. The highest BCUT2D eigenvalue weighted by Gasteiger charge is 2.27. The van der Waals surface area contributed by atoms with Crippen molar-refractivity contribution in [2.45, 2.75) is 33.4 Å². The van der Waals surface area contributed by atoms with Crippen LogP contribution in [0.5, 0.6) is 11.5 Å². The number of hydrogen-bond donors (Lipinski definition) is 0. The van der Waals surface area contributed by atoms with Crippen molar-refractivity contribution in [3.63, 3.8) is 0 Å². The average molecular weight is 709 g/mol. The zero-order valence-electron chi connectivity index (χ0n) is 28.3. The summed E-state index contributed by atoms with van der Waals surface area (Å²) >= 11 is 3.70. The smallest absolute Gasteiger partial charge is 0.214 e. The number of nitrogens with zero attached hydrogens (tertiary/aromatic N) is 2. The SMILES string of the molecule is COc1ccc2c(c1)-c1cccc3c1c(c1ccc(C)cc1[n+]3C)S2.COc1ccc2c(c1)-c1cccc3nc4cc(C)ccc4c(c13)S2.[Cl-]. The van der Waals surface area contributed by atoms with E-state index < -0.39 is 0 Å². The van der Waals surface area contributed by atoms with Gasteiger partial charge in [0, 0.05) is 48.1 Å². The highest BCUT2D eigenvalue weighted by molar-refractivity contribution is 8.00. The van der Waals surface area contributed by atoms with E-state index in [1.165, 1.54) is 85.5 Å². The van der Waals surface area contributed by atoms with Gasteiger partial charge in [-0.15, -0.1) is 0 Å². The number of rotatable bonds is 2. The van der Waals surface area contributed by atoms with E-state index in [-0.39, 0.29) is 12.4 Å². The third-order valence-electron chi connectivity index (χ3n) is 9.68. The van der Waals surface area contributed by atoms with Gasteiger partial charge in [0.2, 0.25) is 11.0 Å². The van der Waals surface area contributed by atoms with Gasteiger partial charge in [0.1, 0.15) is 18.5 Å². The van der Waals surface area contributed by atoms with E-state index >= 15 is 0 Å². The lowest BCUT2D eigenvalue weighted by molar-refractivity contribution is -0.617. The molecular formula is C43H33ClN2O2S2. The van der Waals surface area contributed by atoms with Crippen molar-refractivity contribution in [3.8, 4) is 33.8 Å². The van der Waals surface area contributed by atoms with Crippen molar-refractivity contribution in [1.29, 1.82) is 0 Å². The quantitative estimate of drug-likeness (QED) is 0.134. The molecule has 2 aromatic heterocycles. The Balaban J connectivity index is 0.000000142. The molecule has 0 N–H and O–H groups in total. The van der Waals surface area contributed by atoms with Crippen molar-refractivity contribution in [1.82, 2.24) is 4.98 Å². The summed E-state index contributed by atoms with van der Waals surface area (Å²) in [6.07, 6.45) is 0. The summed E-state index contributed by atoms with van der Waals surface area (Å²) in [5, 5.41) is 5.14. The van der Waals surface area contributed by atoms with Crippen molar-refractivity contribution in [2.75, 3.05) is 14.2 Å². The van der Waals surface area contributed by atoms with Crippen LogP contribution in [0.15, 0.2) is 129 Å². The molecule has 0 spiro atoms. The maximum Gasteiger partial charge on any atom is 0.214 e. The van der Waals surface area contributed by atoms with Crippen LogP contribution in [-0.2, 0) is 7.05 Å². The van der Waals surface area contributed by atoms with Crippen molar-refractivity contribution in [3.05, 3.63) is 120 Å². The Bertz CT molecular complexity index is 2690. The summed E-state index contributed by atoms with van der Waals surface area (Å²) in [6, 6.07) is 39.0. The Kier molecular flexibility index (Phi) is 8.14. The highest BCUT2D eigenvalue weighted by Crippen LogP contribution is 2.52. The molecule has 2 aliphatic rings. The van der Waals surface area contributed by atoms with Gasteiger partial charge in [-0.2, -0.15) is 4.57 Å². The monoisotopic (exact) mass is 708 g/mol. The third-order valence-corrected chi connectivity index (χ3v) is 12.1. The summed E-state index contributed by atoms with van der Waals surface area (Å²) in [5.74, 6) is 1.79. The molecule has 0 fully saturated rings. The molecule has 0 radical (unpaired) electrons. The normalized spacial score (nSPS) is 12.2. The van der Waals surface area contributed by atoms with Crippen LogP contribution in [-0.4, -0.2) is 19.2 Å². The summed E-state index contributed by atoms with van der Waals surface area (Å²) in [6.45, 7) is 4.27. The second kappa shape index (κ2) is 12.5. The molecule has 4 heterocycles. The van der Waals surface area contributed by atoms with Gasteiger partial charge in [0.25, 0.3) is 0 Å². The van der Waals surface area contributed by atoms with Crippen molar-refractivity contribution >= 4 is 67.1 Å². The molecule has 0 bridgehead atoms. The largest absolute Gasteiger partial charge is 1.00 e. The second-order valence-corrected chi connectivity index (χ2v) is 14.8. The topological polar surface area (TPSA) is 35.2 Å². The van der Waals surface area contributed by atoms with E-state index in [1.54, 1.807) is 14.2 Å². The van der Waals surface area contributed by atoms with Crippen molar-refractivity contribution in [2.24, 2.45) is 7.05 Å². The second-order valence-electron chi connectivity index (χ2n) is 12.7. The molecule has 6 aromatic carbocycles. The highest BCUT2D eigenvalue weighted by atomic mass is 35.5. The fourth-order valence-electron chi connectivity index (χ4n) is 7.25. The molecule has 0 amide bonds. The maximum atomic E-state index is 5.46.